The Kier molecular flexibility index (Phi) is 4.90. The summed E-state index contributed by atoms with van der Waals surface area (Å²) in [5.41, 5.74) is 8.19. The molecule has 2 aromatic heterocycles. The second kappa shape index (κ2) is 7.59. The molecule has 3 heterocycles. The Labute approximate surface area is 182 Å². The Bertz CT molecular complexity index is 1120. The van der Waals surface area contributed by atoms with Crippen LogP contribution in [0.15, 0.2) is 53.9 Å². The summed E-state index contributed by atoms with van der Waals surface area (Å²) in [6.45, 7) is 7.63. The van der Waals surface area contributed by atoms with Crippen molar-refractivity contribution >= 4 is 28.2 Å². The molecule has 2 atom stereocenters. The number of aromatic amines is 1. The fourth-order valence-electron chi connectivity index (χ4n) is 4.99. The van der Waals surface area contributed by atoms with Crippen molar-refractivity contribution < 1.29 is 0 Å². The highest BCUT2D eigenvalue weighted by molar-refractivity contribution is 6.32. The van der Waals surface area contributed by atoms with Crippen LogP contribution in [-0.2, 0) is 0 Å². The molecule has 1 aliphatic carbocycles. The van der Waals surface area contributed by atoms with E-state index in [9.17, 15) is 0 Å². The van der Waals surface area contributed by atoms with E-state index in [1.165, 1.54) is 16.8 Å². The number of likely N-dealkylation sites (tertiary alicyclic amines) is 1. The van der Waals surface area contributed by atoms with Crippen molar-refractivity contribution in [2.24, 2.45) is 5.92 Å². The number of fused-ring (bicyclic) bond motifs is 1. The van der Waals surface area contributed by atoms with E-state index in [0.29, 0.717) is 5.92 Å². The molecule has 0 bridgehead atoms. The van der Waals surface area contributed by atoms with Gasteiger partial charge in [0.25, 0.3) is 0 Å². The summed E-state index contributed by atoms with van der Waals surface area (Å²) >= 11 is 6.36. The quantitative estimate of drug-likeness (QED) is 0.531. The second-order valence-electron chi connectivity index (χ2n) is 8.61. The van der Waals surface area contributed by atoms with Crippen molar-refractivity contribution in [2.75, 3.05) is 6.54 Å². The van der Waals surface area contributed by atoms with Crippen LogP contribution in [0.25, 0.3) is 16.6 Å². The molecule has 154 valence electrons. The standard InChI is InChI=1S/C25H27ClN4/c1-15-7-6-8-18(20-9-4-5-11-27-20)23(15)30-12-10-16(2)24(30)25-28-21-13-17(3)19(26)14-22(21)29-25/h4-5,7,9,11,13-14,16,24H,6,8,10,12H2,1-3H3,(H,28,29)/t16-,24-/m0/s1. The Balaban J connectivity index is 1.62. The maximum atomic E-state index is 6.36. The third-order valence-electron chi connectivity index (χ3n) is 6.53. The number of allylic oxidation sites excluding steroid dienone is 3. The van der Waals surface area contributed by atoms with Crippen molar-refractivity contribution in [3.63, 3.8) is 0 Å². The first kappa shape index (κ1) is 19.4. The number of nitrogens with one attached hydrogen (secondary N) is 1. The molecule has 1 saturated heterocycles. The molecule has 2 aliphatic rings. The van der Waals surface area contributed by atoms with Gasteiger partial charge in [-0.15, -0.1) is 0 Å². The zero-order valence-corrected chi connectivity index (χ0v) is 18.5. The molecule has 4 nitrogen and oxygen atoms in total. The summed E-state index contributed by atoms with van der Waals surface area (Å²) in [4.78, 5) is 15.8. The van der Waals surface area contributed by atoms with Crippen LogP contribution in [-0.4, -0.2) is 26.4 Å². The van der Waals surface area contributed by atoms with Gasteiger partial charge in [-0.3, -0.25) is 4.98 Å². The fraction of sp³-hybridized carbons (Fsp3) is 0.360. The highest BCUT2D eigenvalue weighted by Gasteiger charge is 2.38. The molecule has 0 saturated carbocycles. The van der Waals surface area contributed by atoms with E-state index in [-0.39, 0.29) is 6.04 Å². The summed E-state index contributed by atoms with van der Waals surface area (Å²) in [7, 11) is 0. The molecule has 1 aromatic carbocycles. The summed E-state index contributed by atoms with van der Waals surface area (Å²) < 4.78 is 0. The van der Waals surface area contributed by atoms with Gasteiger partial charge >= 0.3 is 0 Å². The van der Waals surface area contributed by atoms with Crippen LogP contribution in [0.1, 0.15) is 56.2 Å². The fourth-order valence-corrected chi connectivity index (χ4v) is 5.15. The van der Waals surface area contributed by atoms with E-state index < -0.39 is 0 Å². The lowest BCUT2D eigenvalue weighted by Crippen LogP contribution is -2.28. The molecule has 0 unspecified atom stereocenters. The number of halogens is 1. The highest BCUT2D eigenvalue weighted by Crippen LogP contribution is 2.44. The molecule has 1 aliphatic heterocycles. The van der Waals surface area contributed by atoms with Crippen LogP contribution in [0.2, 0.25) is 5.02 Å². The van der Waals surface area contributed by atoms with Gasteiger partial charge in [0.2, 0.25) is 0 Å². The zero-order valence-electron chi connectivity index (χ0n) is 17.7. The number of aromatic nitrogens is 3. The molecule has 1 fully saturated rings. The summed E-state index contributed by atoms with van der Waals surface area (Å²) in [5, 5.41) is 0.767. The maximum absolute atomic E-state index is 6.36. The first-order valence-corrected chi connectivity index (χ1v) is 11.1. The first-order chi connectivity index (χ1) is 14.5. The molecule has 3 aromatic rings. The van der Waals surface area contributed by atoms with Gasteiger partial charge in [-0.1, -0.05) is 30.7 Å². The van der Waals surface area contributed by atoms with E-state index in [4.69, 9.17) is 16.6 Å². The lowest BCUT2D eigenvalue weighted by Gasteiger charge is -2.34. The lowest BCUT2D eigenvalue weighted by atomic mass is 9.92. The molecule has 5 heteroatoms. The smallest absolute Gasteiger partial charge is 0.130 e. The maximum Gasteiger partial charge on any atom is 0.130 e. The minimum Gasteiger partial charge on any atom is -0.361 e. The second-order valence-corrected chi connectivity index (χ2v) is 9.02. The SMILES string of the molecule is CC1=CCCC(c2ccccn2)=C1N1CC[C@H](C)[C@H]1c1nc2cc(Cl)c(C)cc2[nH]1. The number of pyridine rings is 1. The zero-order chi connectivity index (χ0) is 20.8. The number of H-pyrrole nitrogens is 1. The van der Waals surface area contributed by atoms with Gasteiger partial charge in [-0.25, -0.2) is 4.98 Å². The van der Waals surface area contributed by atoms with Crippen molar-refractivity contribution in [3.05, 3.63) is 76.0 Å². The van der Waals surface area contributed by atoms with Crippen molar-refractivity contribution in [1.29, 1.82) is 0 Å². The number of nitrogens with zero attached hydrogens (tertiary/aromatic N) is 3. The Morgan fingerprint density at radius 1 is 1.20 bits per heavy atom. The third kappa shape index (κ3) is 3.24. The van der Waals surface area contributed by atoms with E-state index in [1.54, 1.807) is 0 Å². The number of hydrogen-bond acceptors (Lipinski definition) is 3. The summed E-state index contributed by atoms with van der Waals surface area (Å²) in [6, 6.07) is 10.5. The van der Waals surface area contributed by atoms with E-state index in [2.05, 4.69) is 53.0 Å². The van der Waals surface area contributed by atoms with Crippen molar-refractivity contribution in [3.8, 4) is 0 Å². The van der Waals surface area contributed by atoms with E-state index >= 15 is 0 Å². The number of imidazole rings is 1. The predicted octanol–water partition coefficient (Wildman–Crippen LogP) is 6.45. The van der Waals surface area contributed by atoms with Gasteiger partial charge < -0.3 is 9.88 Å². The molecule has 5 rings (SSSR count). The predicted molar refractivity (Wildman–Crippen MR) is 123 cm³/mol. The molecular weight excluding hydrogens is 392 g/mol. The van der Waals surface area contributed by atoms with Gasteiger partial charge in [0.15, 0.2) is 0 Å². The average Bonchev–Trinajstić information content (AvgIpc) is 3.31. The molecule has 30 heavy (non-hydrogen) atoms. The van der Waals surface area contributed by atoms with E-state index in [0.717, 1.165) is 58.9 Å². The average molecular weight is 419 g/mol. The van der Waals surface area contributed by atoms with Crippen LogP contribution >= 0.6 is 11.6 Å². The Morgan fingerprint density at radius 3 is 2.87 bits per heavy atom. The van der Waals surface area contributed by atoms with Gasteiger partial charge in [0, 0.05) is 29.0 Å². The Morgan fingerprint density at radius 2 is 2.07 bits per heavy atom. The number of rotatable bonds is 3. The topological polar surface area (TPSA) is 44.8 Å². The molecule has 0 amide bonds. The molecule has 0 radical (unpaired) electrons. The molecule has 0 spiro atoms. The van der Waals surface area contributed by atoms with Crippen LogP contribution in [0.5, 0.6) is 0 Å². The molecular formula is C25H27ClN4. The Hall–Kier alpha value is -2.59. The summed E-state index contributed by atoms with van der Waals surface area (Å²) in [5.74, 6) is 1.54. The van der Waals surface area contributed by atoms with Crippen molar-refractivity contribution in [1.82, 2.24) is 19.9 Å². The van der Waals surface area contributed by atoms with Crippen molar-refractivity contribution in [2.45, 2.75) is 46.1 Å². The number of benzene rings is 1. The normalized spacial score (nSPS) is 22.1. The minimum absolute atomic E-state index is 0.214. The van der Waals surface area contributed by atoms with Gasteiger partial charge in [-0.2, -0.15) is 0 Å². The van der Waals surface area contributed by atoms with Gasteiger partial charge in [-0.05, 0) is 74.4 Å². The minimum atomic E-state index is 0.214. The number of hydrogen-bond donors (Lipinski definition) is 1. The monoisotopic (exact) mass is 418 g/mol. The van der Waals surface area contributed by atoms with Crippen LogP contribution in [0, 0.1) is 12.8 Å². The number of aryl methyl sites for hydroxylation is 1. The van der Waals surface area contributed by atoms with Crippen LogP contribution in [0.3, 0.4) is 0 Å². The van der Waals surface area contributed by atoms with E-state index in [1.807, 2.05) is 25.3 Å². The highest BCUT2D eigenvalue weighted by atomic mass is 35.5. The molecule has 1 N–H and O–H groups in total. The van der Waals surface area contributed by atoms with Crippen LogP contribution < -0.4 is 0 Å². The van der Waals surface area contributed by atoms with Crippen LogP contribution in [0.4, 0.5) is 0 Å². The summed E-state index contributed by atoms with van der Waals surface area (Å²) in [6.07, 6.45) is 7.49. The first-order valence-electron chi connectivity index (χ1n) is 10.8. The lowest BCUT2D eigenvalue weighted by molar-refractivity contribution is 0.288. The largest absolute Gasteiger partial charge is 0.361 e. The van der Waals surface area contributed by atoms with Gasteiger partial charge in [0.1, 0.15) is 5.82 Å². The van der Waals surface area contributed by atoms with Gasteiger partial charge in [0.05, 0.1) is 22.8 Å². The third-order valence-corrected chi connectivity index (χ3v) is 6.93.